The van der Waals surface area contributed by atoms with Gasteiger partial charge >= 0.3 is 11.9 Å². The molecule has 7 nitrogen and oxygen atoms in total. The quantitative estimate of drug-likeness (QED) is 0.355. The summed E-state index contributed by atoms with van der Waals surface area (Å²) in [7, 11) is 2.51. The third kappa shape index (κ3) is 4.28. The lowest BCUT2D eigenvalue weighted by atomic mass is 10.0. The van der Waals surface area contributed by atoms with Crippen LogP contribution in [0.2, 0.25) is 0 Å². The van der Waals surface area contributed by atoms with Crippen molar-refractivity contribution in [3.8, 4) is 28.4 Å². The van der Waals surface area contributed by atoms with Gasteiger partial charge in [0.25, 0.3) is 0 Å². The van der Waals surface area contributed by atoms with Crippen LogP contribution in [0.15, 0.2) is 72.8 Å². The van der Waals surface area contributed by atoms with Crippen LogP contribution in [0.1, 0.15) is 32.0 Å². The molecule has 0 N–H and O–H groups in total. The Hall–Kier alpha value is -4.39. The highest BCUT2D eigenvalue weighted by molar-refractivity contribution is 6.07. The third-order valence-corrected chi connectivity index (χ3v) is 5.50. The van der Waals surface area contributed by atoms with Crippen molar-refractivity contribution in [2.45, 2.75) is 13.8 Å². The Labute approximate surface area is 197 Å². The molecule has 3 aromatic carbocycles. The van der Waals surface area contributed by atoms with Gasteiger partial charge in [-0.1, -0.05) is 36.4 Å². The van der Waals surface area contributed by atoms with E-state index in [1.54, 1.807) is 24.3 Å². The minimum Gasteiger partial charge on any atom is -0.465 e. The van der Waals surface area contributed by atoms with Crippen LogP contribution in [0, 0.1) is 13.8 Å². The summed E-state index contributed by atoms with van der Waals surface area (Å²) < 4.78 is 17.6. The van der Waals surface area contributed by atoms with Crippen LogP contribution in [-0.2, 0) is 9.47 Å². The summed E-state index contributed by atoms with van der Waals surface area (Å²) in [5.41, 5.74) is 3.57. The average Bonchev–Trinajstić information content (AvgIpc) is 3.26. The molecule has 7 heteroatoms. The first kappa shape index (κ1) is 22.8. The summed E-state index contributed by atoms with van der Waals surface area (Å²) in [5, 5.41) is 4.66. The van der Waals surface area contributed by atoms with Crippen molar-refractivity contribution < 1.29 is 23.8 Å². The highest BCUT2D eigenvalue weighted by Crippen LogP contribution is 2.37. The molecule has 34 heavy (non-hydrogen) atoms. The number of benzene rings is 3. The number of esters is 2. The molecule has 0 atom stereocenters. The van der Waals surface area contributed by atoms with E-state index in [9.17, 15) is 9.59 Å². The van der Waals surface area contributed by atoms with Crippen LogP contribution < -0.4 is 4.74 Å². The van der Waals surface area contributed by atoms with Gasteiger partial charge in [-0.05, 0) is 61.4 Å². The van der Waals surface area contributed by atoms with Crippen molar-refractivity contribution in [1.29, 1.82) is 0 Å². The molecule has 0 unspecified atom stereocenters. The number of carbonyl (C=O) groups excluding carboxylic acids is 2. The molecular weight excluding hydrogens is 432 g/mol. The van der Waals surface area contributed by atoms with Crippen LogP contribution >= 0.6 is 0 Å². The zero-order valence-corrected chi connectivity index (χ0v) is 19.4. The van der Waals surface area contributed by atoms with E-state index in [2.05, 4.69) is 5.10 Å². The summed E-state index contributed by atoms with van der Waals surface area (Å²) in [6.07, 6.45) is 0. The topological polar surface area (TPSA) is 79.7 Å². The van der Waals surface area contributed by atoms with E-state index in [0.29, 0.717) is 22.7 Å². The molecule has 0 aliphatic carbocycles. The first-order valence-corrected chi connectivity index (χ1v) is 10.6. The van der Waals surface area contributed by atoms with Gasteiger partial charge in [0, 0.05) is 5.56 Å². The van der Waals surface area contributed by atoms with E-state index >= 15 is 0 Å². The minimum atomic E-state index is -0.712. The molecule has 0 aliphatic rings. The number of ether oxygens (including phenoxy) is 3. The summed E-state index contributed by atoms with van der Waals surface area (Å²) in [5.74, 6) is -0.301. The Morgan fingerprint density at radius 2 is 1.47 bits per heavy atom. The van der Waals surface area contributed by atoms with E-state index in [4.69, 9.17) is 14.2 Å². The fourth-order valence-corrected chi connectivity index (χ4v) is 3.60. The largest absolute Gasteiger partial charge is 0.465 e. The maximum Gasteiger partial charge on any atom is 0.357 e. The Morgan fingerprint density at radius 1 is 0.794 bits per heavy atom. The molecule has 1 aromatic heterocycles. The van der Waals surface area contributed by atoms with E-state index in [-0.39, 0.29) is 17.0 Å². The van der Waals surface area contributed by atoms with Crippen LogP contribution in [-0.4, -0.2) is 35.9 Å². The summed E-state index contributed by atoms with van der Waals surface area (Å²) in [4.78, 5) is 25.7. The predicted octanol–water partition coefficient (Wildman–Crippen LogP) is 5.52. The highest BCUT2D eigenvalue weighted by atomic mass is 16.5. The van der Waals surface area contributed by atoms with E-state index in [1.807, 2.05) is 62.4 Å². The molecule has 0 radical (unpaired) electrons. The van der Waals surface area contributed by atoms with Crippen molar-refractivity contribution in [1.82, 2.24) is 9.78 Å². The Balaban J connectivity index is 1.94. The van der Waals surface area contributed by atoms with Gasteiger partial charge in [-0.2, -0.15) is 5.10 Å². The molecule has 0 aliphatic heterocycles. The van der Waals surface area contributed by atoms with Gasteiger partial charge in [0.15, 0.2) is 5.69 Å². The number of methoxy groups -OCH3 is 2. The van der Waals surface area contributed by atoms with Crippen LogP contribution in [0.3, 0.4) is 0 Å². The van der Waals surface area contributed by atoms with Gasteiger partial charge in [-0.15, -0.1) is 0 Å². The zero-order chi connectivity index (χ0) is 24.2. The highest BCUT2D eigenvalue weighted by Gasteiger charge is 2.32. The second-order valence-electron chi connectivity index (χ2n) is 7.65. The lowest BCUT2D eigenvalue weighted by Crippen LogP contribution is -2.15. The van der Waals surface area contributed by atoms with Crippen LogP contribution in [0.4, 0.5) is 0 Å². The molecule has 172 valence electrons. The number of aryl methyl sites for hydroxylation is 2. The number of hydrogen-bond acceptors (Lipinski definition) is 6. The summed E-state index contributed by atoms with van der Waals surface area (Å²) >= 11 is 0. The predicted molar refractivity (Wildman–Crippen MR) is 128 cm³/mol. The van der Waals surface area contributed by atoms with Gasteiger partial charge in [-0.25, -0.2) is 14.3 Å². The van der Waals surface area contributed by atoms with Crippen molar-refractivity contribution in [3.05, 3.63) is 95.2 Å². The van der Waals surface area contributed by atoms with Crippen molar-refractivity contribution >= 4 is 11.9 Å². The first-order chi connectivity index (χ1) is 16.4. The van der Waals surface area contributed by atoms with Crippen molar-refractivity contribution in [3.63, 3.8) is 0 Å². The molecule has 4 aromatic rings. The normalized spacial score (nSPS) is 10.6. The average molecular weight is 456 g/mol. The second-order valence-corrected chi connectivity index (χ2v) is 7.65. The molecule has 0 bridgehead atoms. The Kier molecular flexibility index (Phi) is 6.45. The number of hydrogen-bond donors (Lipinski definition) is 0. The molecule has 0 saturated heterocycles. The summed E-state index contributed by atoms with van der Waals surface area (Å²) in [6.45, 7) is 4.04. The third-order valence-electron chi connectivity index (χ3n) is 5.50. The number of aromatic nitrogens is 2. The molecule has 0 fully saturated rings. The molecule has 4 rings (SSSR count). The van der Waals surface area contributed by atoms with Crippen molar-refractivity contribution in [2.75, 3.05) is 14.2 Å². The van der Waals surface area contributed by atoms with Crippen LogP contribution in [0.25, 0.3) is 16.9 Å². The fraction of sp³-hybridized carbons (Fsp3) is 0.148. The molecule has 0 saturated carbocycles. The number of nitrogens with zero attached hydrogens (tertiary/aromatic N) is 2. The van der Waals surface area contributed by atoms with Gasteiger partial charge in [0.1, 0.15) is 22.8 Å². The number of carbonyl (C=O) groups is 2. The maximum atomic E-state index is 12.9. The minimum absolute atomic E-state index is 0.00524. The second kappa shape index (κ2) is 9.62. The summed E-state index contributed by atoms with van der Waals surface area (Å²) in [6, 6.07) is 22.0. The number of para-hydroxylation sites is 2. The standard InChI is InChI=1S/C27H24N2O5/c1-17-14-15-20(16-18(17)2)34-22-13-9-8-12-21(22)24-23(26(30)32-3)25(27(31)33-4)29(28-24)19-10-6-5-7-11-19/h5-16H,1-4H3. The van der Waals surface area contributed by atoms with Crippen molar-refractivity contribution in [2.24, 2.45) is 0 Å². The van der Waals surface area contributed by atoms with Gasteiger partial charge in [0.05, 0.1) is 19.9 Å². The van der Waals surface area contributed by atoms with E-state index < -0.39 is 11.9 Å². The van der Waals surface area contributed by atoms with Gasteiger partial charge < -0.3 is 14.2 Å². The zero-order valence-electron chi connectivity index (χ0n) is 19.4. The van der Waals surface area contributed by atoms with E-state index in [0.717, 1.165) is 11.1 Å². The lowest BCUT2D eigenvalue weighted by molar-refractivity contribution is 0.0549. The smallest absolute Gasteiger partial charge is 0.357 e. The molecule has 0 amide bonds. The van der Waals surface area contributed by atoms with Crippen LogP contribution in [0.5, 0.6) is 11.5 Å². The monoisotopic (exact) mass is 456 g/mol. The maximum absolute atomic E-state index is 12.9. The first-order valence-electron chi connectivity index (χ1n) is 10.6. The molecular formula is C27H24N2O5. The Bertz CT molecular complexity index is 1360. The fourth-order valence-electron chi connectivity index (χ4n) is 3.60. The SMILES string of the molecule is COC(=O)c1c(-c2ccccc2Oc2ccc(C)c(C)c2)nn(-c2ccccc2)c1C(=O)OC. The van der Waals surface area contributed by atoms with E-state index in [1.165, 1.54) is 18.9 Å². The Morgan fingerprint density at radius 3 is 2.15 bits per heavy atom. The van der Waals surface area contributed by atoms with Gasteiger partial charge in [0.2, 0.25) is 0 Å². The molecule has 1 heterocycles. The number of rotatable bonds is 6. The lowest BCUT2D eigenvalue weighted by Gasteiger charge is -2.12. The molecule has 0 spiro atoms. The van der Waals surface area contributed by atoms with Gasteiger partial charge in [-0.3, -0.25) is 0 Å².